The van der Waals surface area contributed by atoms with E-state index in [0.717, 1.165) is 17.1 Å². The summed E-state index contributed by atoms with van der Waals surface area (Å²) in [6.07, 6.45) is 7.86. The monoisotopic (exact) mass is 422 g/mol. The van der Waals surface area contributed by atoms with E-state index in [1.54, 1.807) is 48.4 Å². The Morgan fingerprint density at radius 2 is 2.06 bits per heavy atom. The van der Waals surface area contributed by atoms with Crippen molar-refractivity contribution in [3.63, 3.8) is 0 Å². The quantitative estimate of drug-likeness (QED) is 0.451. The first kappa shape index (κ1) is 21.8. The molecule has 0 saturated carbocycles. The highest BCUT2D eigenvalue weighted by Gasteiger charge is 2.19. The molecule has 10 nitrogen and oxygen atoms in total. The van der Waals surface area contributed by atoms with Gasteiger partial charge in [0, 0.05) is 44.3 Å². The van der Waals surface area contributed by atoms with Crippen molar-refractivity contribution in [3.8, 4) is 0 Å². The molecule has 3 rings (SSSR count). The zero-order valence-electron chi connectivity index (χ0n) is 17.7. The van der Waals surface area contributed by atoms with Crippen molar-refractivity contribution >= 4 is 34.9 Å². The number of hydrogen-bond acceptors (Lipinski definition) is 7. The molecule has 0 radical (unpaired) electrons. The molecule has 0 bridgehead atoms. The summed E-state index contributed by atoms with van der Waals surface area (Å²) in [6, 6.07) is 8.72. The highest BCUT2D eigenvalue weighted by Crippen LogP contribution is 2.27. The number of anilines is 5. The van der Waals surface area contributed by atoms with Gasteiger partial charge in [-0.05, 0) is 32.3 Å². The summed E-state index contributed by atoms with van der Waals surface area (Å²) in [6.45, 7) is 1.49. The van der Waals surface area contributed by atoms with Gasteiger partial charge in [0.1, 0.15) is 5.82 Å². The van der Waals surface area contributed by atoms with E-state index in [2.05, 4.69) is 36.7 Å². The highest BCUT2D eigenvalue weighted by atomic mass is 16.4. The van der Waals surface area contributed by atoms with Crippen molar-refractivity contribution in [1.82, 2.24) is 24.6 Å². The second-order valence-electron chi connectivity index (χ2n) is 7.05. The first-order chi connectivity index (χ1) is 14.9. The Bertz CT molecular complexity index is 1050. The SMILES string of the molecule is CN(C)C/C=C/CNc1cccc(N(C(=O)O)c2ccnc(Nc3cnn(C)c3)n2)c1. The number of benzene rings is 1. The minimum atomic E-state index is -1.14. The van der Waals surface area contributed by atoms with Crippen LogP contribution in [-0.4, -0.2) is 63.0 Å². The van der Waals surface area contributed by atoms with Crippen molar-refractivity contribution in [2.45, 2.75) is 0 Å². The number of nitrogens with zero attached hydrogens (tertiary/aromatic N) is 6. The lowest BCUT2D eigenvalue weighted by Crippen LogP contribution is -2.25. The molecule has 0 spiro atoms. The van der Waals surface area contributed by atoms with Crippen LogP contribution in [0, 0.1) is 0 Å². The van der Waals surface area contributed by atoms with Crippen LogP contribution in [-0.2, 0) is 7.05 Å². The topological polar surface area (TPSA) is 111 Å². The molecule has 0 aliphatic rings. The van der Waals surface area contributed by atoms with Gasteiger partial charge in [-0.3, -0.25) is 4.68 Å². The number of hydrogen-bond donors (Lipinski definition) is 3. The Kier molecular flexibility index (Phi) is 7.17. The summed E-state index contributed by atoms with van der Waals surface area (Å²) in [5.74, 6) is 0.508. The molecular weight excluding hydrogens is 396 g/mol. The second-order valence-corrected chi connectivity index (χ2v) is 7.05. The number of carboxylic acid groups (broad SMARTS) is 1. The van der Waals surface area contributed by atoms with E-state index >= 15 is 0 Å². The maximum absolute atomic E-state index is 12.0. The third-order valence-corrected chi connectivity index (χ3v) is 4.19. The number of amides is 1. The number of likely N-dealkylation sites (N-methyl/N-ethyl adjacent to an activating group) is 1. The molecule has 2 heterocycles. The van der Waals surface area contributed by atoms with Crippen LogP contribution in [0.3, 0.4) is 0 Å². The van der Waals surface area contributed by atoms with Gasteiger partial charge in [0.2, 0.25) is 5.95 Å². The van der Waals surface area contributed by atoms with Gasteiger partial charge in [0.15, 0.2) is 0 Å². The van der Waals surface area contributed by atoms with Gasteiger partial charge in [-0.1, -0.05) is 18.2 Å². The Hall–Kier alpha value is -3.92. The number of rotatable bonds is 9. The van der Waals surface area contributed by atoms with Crippen LogP contribution < -0.4 is 15.5 Å². The standard InChI is InChI=1S/C21H26N8O2/c1-27(2)12-5-4-10-22-16-7-6-8-18(13-16)29(21(30)31)19-9-11-23-20(26-19)25-17-14-24-28(3)15-17/h4-9,11,13-15,22H,10,12H2,1-3H3,(H,30,31)(H,23,25,26)/b5-4+. The van der Waals surface area contributed by atoms with E-state index in [-0.39, 0.29) is 11.8 Å². The Morgan fingerprint density at radius 3 is 2.77 bits per heavy atom. The summed E-state index contributed by atoms with van der Waals surface area (Å²) in [4.78, 5) is 23.8. The fourth-order valence-corrected chi connectivity index (χ4v) is 2.79. The molecule has 1 aromatic carbocycles. The average Bonchev–Trinajstić information content (AvgIpc) is 3.12. The first-order valence-electron chi connectivity index (χ1n) is 9.68. The fourth-order valence-electron chi connectivity index (χ4n) is 2.79. The molecule has 2 aromatic heterocycles. The van der Waals surface area contributed by atoms with E-state index in [9.17, 15) is 9.90 Å². The van der Waals surface area contributed by atoms with Crippen LogP contribution in [0.5, 0.6) is 0 Å². The van der Waals surface area contributed by atoms with Crippen molar-refractivity contribution < 1.29 is 9.90 Å². The van der Waals surface area contributed by atoms with E-state index in [1.165, 1.54) is 6.20 Å². The van der Waals surface area contributed by atoms with Gasteiger partial charge in [0.25, 0.3) is 0 Å². The lowest BCUT2D eigenvalue weighted by Gasteiger charge is -2.19. The summed E-state index contributed by atoms with van der Waals surface area (Å²) in [5, 5.41) is 20.2. The van der Waals surface area contributed by atoms with Crippen LogP contribution in [0.1, 0.15) is 0 Å². The zero-order chi connectivity index (χ0) is 22.2. The molecule has 31 heavy (non-hydrogen) atoms. The third kappa shape index (κ3) is 6.28. The number of nitrogens with one attached hydrogen (secondary N) is 2. The lowest BCUT2D eigenvalue weighted by atomic mass is 10.2. The molecule has 3 N–H and O–H groups in total. The average molecular weight is 422 g/mol. The maximum Gasteiger partial charge on any atom is 0.417 e. The molecule has 0 unspecified atom stereocenters. The highest BCUT2D eigenvalue weighted by molar-refractivity contribution is 5.94. The Balaban J connectivity index is 1.77. The van der Waals surface area contributed by atoms with E-state index in [1.807, 2.05) is 26.2 Å². The van der Waals surface area contributed by atoms with Crippen LogP contribution in [0.2, 0.25) is 0 Å². The normalized spacial score (nSPS) is 11.1. The van der Waals surface area contributed by atoms with Gasteiger partial charge < -0.3 is 20.6 Å². The Morgan fingerprint density at radius 1 is 1.23 bits per heavy atom. The molecule has 162 valence electrons. The lowest BCUT2D eigenvalue weighted by molar-refractivity contribution is 0.204. The molecule has 1 amide bonds. The number of aryl methyl sites for hydroxylation is 1. The van der Waals surface area contributed by atoms with E-state index in [0.29, 0.717) is 17.9 Å². The van der Waals surface area contributed by atoms with Crippen LogP contribution in [0.4, 0.5) is 33.6 Å². The molecular formula is C21H26N8O2. The minimum Gasteiger partial charge on any atom is -0.464 e. The largest absolute Gasteiger partial charge is 0.464 e. The summed E-state index contributed by atoms with van der Waals surface area (Å²) in [7, 11) is 5.81. The maximum atomic E-state index is 12.0. The molecule has 10 heteroatoms. The van der Waals surface area contributed by atoms with Crippen molar-refractivity contribution in [3.05, 3.63) is 61.1 Å². The van der Waals surface area contributed by atoms with Gasteiger partial charge in [-0.15, -0.1) is 0 Å². The summed E-state index contributed by atoms with van der Waals surface area (Å²) >= 11 is 0. The van der Waals surface area contributed by atoms with Gasteiger partial charge in [-0.25, -0.2) is 14.7 Å². The van der Waals surface area contributed by atoms with Gasteiger partial charge >= 0.3 is 6.09 Å². The molecule has 0 saturated heterocycles. The fraction of sp³-hybridized carbons (Fsp3) is 0.238. The molecule has 0 aliphatic heterocycles. The number of aromatic nitrogens is 4. The second kappa shape index (κ2) is 10.2. The van der Waals surface area contributed by atoms with E-state index in [4.69, 9.17) is 0 Å². The summed E-state index contributed by atoms with van der Waals surface area (Å²) in [5.41, 5.74) is 1.98. The summed E-state index contributed by atoms with van der Waals surface area (Å²) < 4.78 is 1.64. The van der Waals surface area contributed by atoms with Crippen molar-refractivity contribution in [1.29, 1.82) is 0 Å². The Labute approximate surface area is 180 Å². The molecule has 0 atom stereocenters. The van der Waals surface area contributed by atoms with Gasteiger partial charge in [0.05, 0.1) is 17.6 Å². The first-order valence-corrected chi connectivity index (χ1v) is 9.68. The third-order valence-electron chi connectivity index (χ3n) is 4.19. The van der Waals surface area contributed by atoms with Crippen LogP contribution in [0.15, 0.2) is 61.1 Å². The zero-order valence-corrected chi connectivity index (χ0v) is 17.7. The molecule has 0 fully saturated rings. The van der Waals surface area contributed by atoms with Crippen molar-refractivity contribution in [2.24, 2.45) is 7.05 Å². The molecule has 0 aliphatic carbocycles. The van der Waals surface area contributed by atoms with Crippen LogP contribution in [0.25, 0.3) is 0 Å². The van der Waals surface area contributed by atoms with Crippen LogP contribution >= 0.6 is 0 Å². The van der Waals surface area contributed by atoms with E-state index < -0.39 is 6.09 Å². The van der Waals surface area contributed by atoms with Crippen molar-refractivity contribution in [2.75, 3.05) is 42.7 Å². The molecule has 3 aromatic rings. The minimum absolute atomic E-state index is 0.233. The smallest absolute Gasteiger partial charge is 0.417 e. The predicted octanol–water partition coefficient (Wildman–Crippen LogP) is 3.30. The predicted molar refractivity (Wildman–Crippen MR) is 121 cm³/mol. The van der Waals surface area contributed by atoms with Gasteiger partial charge in [-0.2, -0.15) is 10.1 Å². The number of carbonyl (C=O) groups is 1.